The molecule has 4 nitrogen and oxygen atoms in total. The van der Waals surface area contributed by atoms with Crippen LogP contribution in [0.3, 0.4) is 0 Å². The van der Waals surface area contributed by atoms with Crippen LogP contribution in [0.25, 0.3) is 0 Å². The van der Waals surface area contributed by atoms with Gasteiger partial charge in [0.2, 0.25) is 0 Å². The summed E-state index contributed by atoms with van der Waals surface area (Å²) in [5, 5.41) is 2.83. The Labute approximate surface area is 165 Å². The first kappa shape index (κ1) is 20.1. The summed E-state index contributed by atoms with van der Waals surface area (Å²) in [5.74, 6) is -0.856. The Morgan fingerprint density at radius 3 is 2.36 bits per heavy atom. The molecule has 28 heavy (non-hydrogen) atoms. The number of esters is 1. The van der Waals surface area contributed by atoms with E-state index in [1.165, 1.54) is 12.1 Å². The van der Waals surface area contributed by atoms with Gasteiger partial charge in [-0.05, 0) is 48.1 Å². The molecule has 1 N–H and O–H groups in total. The zero-order valence-corrected chi connectivity index (χ0v) is 16.3. The first-order valence-corrected chi connectivity index (χ1v) is 9.74. The summed E-state index contributed by atoms with van der Waals surface area (Å²) < 4.78 is 18.7. The minimum atomic E-state index is -0.788. The monoisotopic (exact) mass is 383 g/mol. The lowest BCUT2D eigenvalue weighted by atomic mass is 9.79. The van der Waals surface area contributed by atoms with Gasteiger partial charge in [0.15, 0.2) is 6.61 Å². The van der Waals surface area contributed by atoms with Gasteiger partial charge in [-0.3, -0.25) is 9.59 Å². The normalized spacial score (nSPS) is 15.4. The molecule has 148 valence electrons. The fourth-order valence-corrected chi connectivity index (χ4v) is 3.93. The summed E-state index contributed by atoms with van der Waals surface area (Å²) in [4.78, 5) is 25.2. The smallest absolute Gasteiger partial charge is 0.317 e. The third kappa shape index (κ3) is 4.24. The summed E-state index contributed by atoms with van der Waals surface area (Å²) >= 11 is 0. The number of carbonyl (C=O) groups is 2. The number of amides is 1. The first-order valence-electron chi connectivity index (χ1n) is 9.74. The number of carbonyl (C=O) groups excluding carboxylic acids is 2. The lowest BCUT2D eigenvalue weighted by Gasteiger charge is -2.27. The standard InChI is InChI=1S/C23H26FNO3/c1-16(2)19-7-3-4-8-20(19)25-21(26)15-28-22(27)23(13-5-6-14-23)17-9-11-18(24)12-10-17/h3-4,7-12,16H,5-6,13-15H2,1-2H3,(H,25,26). The molecular formula is C23H26FNO3. The first-order chi connectivity index (χ1) is 13.4. The van der Waals surface area contributed by atoms with Crippen molar-refractivity contribution in [2.75, 3.05) is 11.9 Å². The average Bonchev–Trinajstić information content (AvgIpc) is 3.18. The molecule has 2 aromatic carbocycles. The van der Waals surface area contributed by atoms with Crippen LogP contribution in [0, 0.1) is 5.82 Å². The Morgan fingerprint density at radius 2 is 1.71 bits per heavy atom. The van der Waals surface area contributed by atoms with Crippen molar-refractivity contribution in [3.63, 3.8) is 0 Å². The molecule has 0 bridgehead atoms. The van der Waals surface area contributed by atoms with Crippen molar-refractivity contribution < 1.29 is 18.7 Å². The van der Waals surface area contributed by atoms with E-state index in [-0.39, 0.29) is 24.2 Å². The molecule has 0 spiro atoms. The number of rotatable bonds is 6. The number of hydrogen-bond donors (Lipinski definition) is 1. The molecule has 0 radical (unpaired) electrons. The largest absolute Gasteiger partial charge is 0.455 e. The van der Waals surface area contributed by atoms with E-state index in [4.69, 9.17) is 4.74 Å². The predicted octanol–water partition coefficient (Wildman–Crippen LogP) is 4.94. The van der Waals surface area contributed by atoms with Crippen LogP contribution in [-0.2, 0) is 19.7 Å². The van der Waals surface area contributed by atoms with Crippen LogP contribution in [0.15, 0.2) is 48.5 Å². The summed E-state index contributed by atoms with van der Waals surface area (Å²) in [7, 11) is 0. The minimum Gasteiger partial charge on any atom is -0.455 e. The molecule has 1 fully saturated rings. The van der Waals surface area contributed by atoms with Crippen molar-refractivity contribution in [3.8, 4) is 0 Å². The fraction of sp³-hybridized carbons (Fsp3) is 0.391. The molecule has 1 aliphatic rings. The summed E-state index contributed by atoms with van der Waals surface area (Å²) in [6.45, 7) is 3.77. The van der Waals surface area contributed by atoms with E-state index in [2.05, 4.69) is 19.2 Å². The van der Waals surface area contributed by atoms with Crippen LogP contribution in [0.1, 0.15) is 56.6 Å². The van der Waals surface area contributed by atoms with E-state index in [0.717, 1.165) is 29.7 Å². The molecule has 1 saturated carbocycles. The van der Waals surface area contributed by atoms with Crippen LogP contribution >= 0.6 is 0 Å². The molecule has 0 aromatic heterocycles. The third-order valence-corrected chi connectivity index (χ3v) is 5.44. The molecule has 0 saturated heterocycles. The number of halogens is 1. The summed E-state index contributed by atoms with van der Waals surface area (Å²) in [5.41, 5.74) is 1.72. The second-order valence-electron chi connectivity index (χ2n) is 7.66. The Morgan fingerprint density at radius 1 is 1.07 bits per heavy atom. The average molecular weight is 383 g/mol. The van der Waals surface area contributed by atoms with Crippen molar-refractivity contribution in [3.05, 3.63) is 65.5 Å². The Hall–Kier alpha value is -2.69. The second-order valence-corrected chi connectivity index (χ2v) is 7.66. The van der Waals surface area contributed by atoms with Crippen LogP contribution in [0.5, 0.6) is 0 Å². The van der Waals surface area contributed by atoms with E-state index < -0.39 is 11.4 Å². The molecule has 0 aliphatic heterocycles. The molecule has 5 heteroatoms. The SMILES string of the molecule is CC(C)c1ccccc1NC(=O)COC(=O)C1(c2ccc(F)cc2)CCCC1. The van der Waals surface area contributed by atoms with Gasteiger partial charge in [-0.15, -0.1) is 0 Å². The van der Waals surface area contributed by atoms with Crippen molar-refractivity contribution >= 4 is 17.6 Å². The quantitative estimate of drug-likeness (QED) is 0.719. The van der Waals surface area contributed by atoms with Gasteiger partial charge in [0, 0.05) is 5.69 Å². The molecular weight excluding hydrogens is 357 g/mol. The van der Waals surface area contributed by atoms with Crippen molar-refractivity contribution in [1.29, 1.82) is 0 Å². The third-order valence-electron chi connectivity index (χ3n) is 5.44. The Balaban J connectivity index is 1.67. The molecule has 2 aromatic rings. The molecule has 0 heterocycles. The zero-order valence-electron chi connectivity index (χ0n) is 16.3. The predicted molar refractivity (Wildman–Crippen MR) is 107 cm³/mol. The van der Waals surface area contributed by atoms with Gasteiger partial charge >= 0.3 is 5.97 Å². The molecule has 0 unspecified atom stereocenters. The van der Waals surface area contributed by atoms with E-state index >= 15 is 0 Å². The maximum atomic E-state index is 13.3. The van der Waals surface area contributed by atoms with E-state index in [1.54, 1.807) is 12.1 Å². The van der Waals surface area contributed by atoms with Crippen molar-refractivity contribution in [2.24, 2.45) is 0 Å². The van der Waals surface area contributed by atoms with E-state index in [0.29, 0.717) is 12.8 Å². The van der Waals surface area contributed by atoms with Crippen molar-refractivity contribution in [2.45, 2.75) is 50.9 Å². The number of hydrogen-bond acceptors (Lipinski definition) is 3. The van der Waals surface area contributed by atoms with Gasteiger partial charge in [-0.1, -0.05) is 57.0 Å². The second kappa shape index (κ2) is 8.55. The Kier molecular flexibility index (Phi) is 6.12. The number of ether oxygens (including phenoxy) is 1. The number of benzene rings is 2. The van der Waals surface area contributed by atoms with Gasteiger partial charge < -0.3 is 10.1 Å². The number of para-hydroxylation sites is 1. The summed E-state index contributed by atoms with van der Waals surface area (Å²) in [6.07, 6.45) is 3.10. The molecule has 3 rings (SSSR count). The maximum absolute atomic E-state index is 13.3. The van der Waals surface area contributed by atoms with Crippen LogP contribution in [-0.4, -0.2) is 18.5 Å². The lowest BCUT2D eigenvalue weighted by molar-refractivity contribution is -0.153. The highest BCUT2D eigenvalue weighted by atomic mass is 19.1. The van der Waals surface area contributed by atoms with Gasteiger partial charge in [0.05, 0.1) is 5.41 Å². The zero-order chi connectivity index (χ0) is 20.1. The minimum absolute atomic E-state index is 0.263. The van der Waals surface area contributed by atoms with Crippen LogP contribution in [0.4, 0.5) is 10.1 Å². The van der Waals surface area contributed by atoms with Gasteiger partial charge in [-0.25, -0.2) is 4.39 Å². The molecule has 1 amide bonds. The number of anilines is 1. The maximum Gasteiger partial charge on any atom is 0.317 e. The van der Waals surface area contributed by atoms with Crippen LogP contribution < -0.4 is 5.32 Å². The molecule has 0 atom stereocenters. The summed E-state index contributed by atoms with van der Waals surface area (Å²) in [6, 6.07) is 13.6. The highest BCUT2D eigenvalue weighted by Crippen LogP contribution is 2.42. The Bertz CT molecular complexity index is 839. The van der Waals surface area contributed by atoms with Gasteiger partial charge in [0.25, 0.3) is 5.91 Å². The van der Waals surface area contributed by atoms with Crippen LogP contribution in [0.2, 0.25) is 0 Å². The number of nitrogens with one attached hydrogen (secondary N) is 1. The van der Waals surface area contributed by atoms with Gasteiger partial charge in [0.1, 0.15) is 5.82 Å². The highest BCUT2D eigenvalue weighted by molar-refractivity contribution is 5.94. The van der Waals surface area contributed by atoms with E-state index in [9.17, 15) is 14.0 Å². The highest BCUT2D eigenvalue weighted by Gasteiger charge is 2.44. The fourth-order valence-electron chi connectivity index (χ4n) is 3.93. The van der Waals surface area contributed by atoms with E-state index in [1.807, 2.05) is 24.3 Å². The van der Waals surface area contributed by atoms with Gasteiger partial charge in [-0.2, -0.15) is 0 Å². The topological polar surface area (TPSA) is 55.4 Å². The molecule has 1 aliphatic carbocycles. The lowest BCUT2D eigenvalue weighted by Crippen LogP contribution is -2.36. The van der Waals surface area contributed by atoms with Crippen molar-refractivity contribution in [1.82, 2.24) is 0 Å².